The number of phenols is 1. The van der Waals surface area contributed by atoms with Gasteiger partial charge in [-0.3, -0.25) is 14.5 Å². The summed E-state index contributed by atoms with van der Waals surface area (Å²) in [5.74, 6) is -1.91. The van der Waals surface area contributed by atoms with E-state index in [4.69, 9.17) is 0 Å². The van der Waals surface area contributed by atoms with Gasteiger partial charge in [0.15, 0.2) is 0 Å². The molecule has 1 aliphatic carbocycles. The van der Waals surface area contributed by atoms with Crippen LogP contribution in [0.4, 0.5) is 0 Å². The number of fused-ring (bicyclic) bond motifs is 1. The van der Waals surface area contributed by atoms with Crippen LogP contribution in [0.15, 0.2) is 24.3 Å². The van der Waals surface area contributed by atoms with Crippen molar-refractivity contribution in [3.8, 4) is 5.75 Å². The van der Waals surface area contributed by atoms with E-state index in [-0.39, 0.29) is 25.3 Å². The van der Waals surface area contributed by atoms with Gasteiger partial charge in [-0.1, -0.05) is 12.1 Å². The summed E-state index contributed by atoms with van der Waals surface area (Å²) in [6, 6.07) is 6.69. The Kier molecular flexibility index (Phi) is 2.56. The Labute approximate surface area is 115 Å². The van der Waals surface area contributed by atoms with Crippen molar-refractivity contribution >= 4 is 11.9 Å². The van der Waals surface area contributed by atoms with Crippen LogP contribution in [0.1, 0.15) is 12.0 Å². The van der Waals surface area contributed by atoms with Gasteiger partial charge in [-0.05, 0) is 24.1 Å². The van der Waals surface area contributed by atoms with E-state index in [1.54, 1.807) is 18.2 Å². The van der Waals surface area contributed by atoms with Gasteiger partial charge in [0.2, 0.25) is 0 Å². The maximum atomic E-state index is 11.4. The summed E-state index contributed by atoms with van der Waals surface area (Å²) in [6.45, 7) is 0.924. The summed E-state index contributed by atoms with van der Waals surface area (Å²) >= 11 is 0. The Morgan fingerprint density at radius 3 is 2.25 bits per heavy atom. The maximum absolute atomic E-state index is 11.4. The molecule has 0 bridgehead atoms. The van der Waals surface area contributed by atoms with Gasteiger partial charge in [0.05, 0.1) is 10.8 Å². The molecule has 1 aliphatic heterocycles. The molecular formula is C14H15NO5. The second-order valence-electron chi connectivity index (χ2n) is 5.77. The molecule has 6 nitrogen and oxygen atoms in total. The van der Waals surface area contributed by atoms with Gasteiger partial charge in [0.1, 0.15) is 5.75 Å². The van der Waals surface area contributed by atoms with E-state index in [0.29, 0.717) is 6.54 Å². The molecule has 6 heteroatoms. The average Bonchev–Trinajstić information content (AvgIpc) is 2.90. The molecule has 2 fully saturated rings. The molecule has 1 saturated heterocycles. The summed E-state index contributed by atoms with van der Waals surface area (Å²) in [7, 11) is 0. The van der Waals surface area contributed by atoms with Crippen molar-refractivity contribution in [2.75, 3.05) is 13.1 Å². The summed E-state index contributed by atoms with van der Waals surface area (Å²) in [4.78, 5) is 24.6. The standard InChI is InChI=1S/C14H15NO5/c16-10-3-1-2-9(4-10)5-15-7-13(11(17)18)6-14(13,8-15)12(19)20/h1-4,16H,5-8H2,(H,17,18)(H,19,20)/t13-,14+. The number of rotatable bonds is 4. The zero-order valence-corrected chi connectivity index (χ0v) is 10.7. The van der Waals surface area contributed by atoms with Gasteiger partial charge in [0.25, 0.3) is 0 Å². The zero-order valence-electron chi connectivity index (χ0n) is 10.7. The van der Waals surface area contributed by atoms with Crippen molar-refractivity contribution in [1.82, 2.24) is 4.90 Å². The Bertz CT molecular complexity index is 573. The second kappa shape index (κ2) is 3.96. The topological polar surface area (TPSA) is 98.1 Å². The zero-order chi connectivity index (χ0) is 14.5. The quantitative estimate of drug-likeness (QED) is 0.751. The van der Waals surface area contributed by atoms with Gasteiger partial charge >= 0.3 is 11.9 Å². The van der Waals surface area contributed by atoms with E-state index in [0.717, 1.165) is 5.56 Å². The maximum Gasteiger partial charge on any atom is 0.312 e. The first-order valence-corrected chi connectivity index (χ1v) is 6.37. The minimum Gasteiger partial charge on any atom is -0.508 e. The van der Waals surface area contributed by atoms with Crippen molar-refractivity contribution in [3.05, 3.63) is 29.8 Å². The summed E-state index contributed by atoms with van der Waals surface area (Å²) in [5.41, 5.74) is -1.45. The highest BCUT2D eigenvalue weighted by Crippen LogP contribution is 2.68. The van der Waals surface area contributed by atoms with Crippen molar-refractivity contribution < 1.29 is 24.9 Å². The number of hydrogen-bond acceptors (Lipinski definition) is 4. The lowest BCUT2D eigenvalue weighted by Crippen LogP contribution is -2.28. The lowest BCUT2D eigenvalue weighted by atomic mass is 9.97. The first-order chi connectivity index (χ1) is 9.39. The number of aromatic hydroxyl groups is 1. The molecule has 0 radical (unpaired) electrons. The third kappa shape index (κ3) is 1.61. The number of piperidine rings is 1. The van der Waals surface area contributed by atoms with E-state index in [1.165, 1.54) is 0 Å². The normalized spacial score (nSPS) is 31.8. The molecule has 0 unspecified atom stereocenters. The predicted octanol–water partition coefficient (Wildman–Crippen LogP) is 0.753. The second-order valence-corrected chi connectivity index (χ2v) is 5.77. The molecule has 0 spiro atoms. The van der Waals surface area contributed by atoms with E-state index in [9.17, 15) is 24.9 Å². The van der Waals surface area contributed by atoms with Crippen LogP contribution in [0.2, 0.25) is 0 Å². The van der Waals surface area contributed by atoms with Crippen LogP contribution in [0.5, 0.6) is 5.75 Å². The molecule has 3 N–H and O–H groups in total. The molecule has 1 heterocycles. The number of likely N-dealkylation sites (tertiary alicyclic amines) is 1. The van der Waals surface area contributed by atoms with Crippen LogP contribution in [0, 0.1) is 10.8 Å². The van der Waals surface area contributed by atoms with E-state index in [1.807, 2.05) is 11.0 Å². The fourth-order valence-electron chi connectivity index (χ4n) is 3.43. The van der Waals surface area contributed by atoms with Gasteiger partial charge in [-0.25, -0.2) is 0 Å². The van der Waals surface area contributed by atoms with Crippen molar-refractivity contribution in [2.45, 2.75) is 13.0 Å². The van der Waals surface area contributed by atoms with Crippen molar-refractivity contribution in [2.24, 2.45) is 10.8 Å². The van der Waals surface area contributed by atoms with Gasteiger partial charge in [-0.2, -0.15) is 0 Å². The van der Waals surface area contributed by atoms with Gasteiger partial charge in [0, 0.05) is 19.6 Å². The van der Waals surface area contributed by atoms with Crippen LogP contribution in [0.3, 0.4) is 0 Å². The van der Waals surface area contributed by atoms with Crippen molar-refractivity contribution in [1.29, 1.82) is 0 Å². The van der Waals surface area contributed by atoms with Gasteiger partial charge in [-0.15, -0.1) is 0 Å². The monoisotopic (exact) mass is 277 g/mol. The third-order valence-electron chi connectivity index (χ3n) is 4.52. The molecule has 20 heavy (non-hydrogen) atoms. The number of phenolic OH excluding ortho intramolecular Hbond substituents is 1. The predicted molar refractivity (Wildman–Crippen MR) is 68.1 cm³/mol. The largest absolute Gasteiger partial charge is 0.508 e. The number of carboxylic acid groups (broad SMARTS) is 2. The number of carbonyl (C=O) groups is 2. The Morgan fingerprint density at radius 2 is 1.75 bits per heavy atom. The van der Waals surface area contributed by atoms with E-state index >= 15 is 0 Å². The van der Waals surface area contributed by atoms with E-state index in [2.05, 4.69) is 0 Å². The smallest absolute Gasteiger partial charge is 0.312 e. The van der Waals surface area contributed by atoms with Gasteiger partial charge < -0.3 is 15.3 Å². The molecule has 1 aromatic rings. The van der Waals surface area contributed by atoms with Crippen molar-refractivity contribution in [3.63, 3.8) is 0 Å². The average molecular weight is 277 g/mol. The van der Waals surface area contributed by atoms with Crippen LogP contribution in [-0.2, 0) is 16.1 Å². The number of carboxylic acids is 2. The molecule has 2 atom stereocenters. The number of aliphatic carboxylic acids is 2. The lowest BCUT2D eigenvalue weighted by molar-refractivity contribution is -0.151. The Balaban J connectivity index is 1.79. The molecule has 0 amide bonds. The van der Waals surface area contributed by atoms with Crippen LogP contribution >= 0.6 is 0 Å². The first kappa shape index (κ1) is 12.9. The summed E-state index contributed by atoms with van der Waals surface area (Å²) < 4.78 is 0. The fourth-order valence-corrected chi connectivity index (χ4v) is 3.43. The molecule has 3 rings (SSSR count). The first-order valence-electron chi connectivity index (χ1n) is 6.37. The van der Waals surface area contributed by atoms with Crippen LogP contribution < -0.4 is 0 Å². The molecule has 106 valence electrons. The minimum atomic E-state index is -1.14. The molecule has 1 saturated carbocycles. The van der Waals surface area contributed by atoms with Crippen LogP contribution in [0.25, 0.3) is 0 Å². The summed E-state index contributed by atoms with van der Waals surface area (Å²) in [5, 5.41) is 28.1. The Hall–Kier alpha value is -2.08. The highest BCUT2D eigenvalue weighted by molar-refractivity contribution is 5.94. The minimum absolute atomic E-state index is 0.146. The number of benzene rings is 1. The lowest BCUT2D eigenvalue weighted by Gasteiger charge is -2.19. The molecular weight excluding hydrogens is 262 g/mol. The fraction of sp³-hybridized carbons (Fsp3) is 0.429. The molecule has 1 aromatic carbocycles. The highest BCUT2D eigenvalue weighted by Gasteiger charge is 2.80. The third-order valence-corrected chi connectivity index (χ3v) is 4.52. The van der Waals surface area contributed by atoms with E-state index < -0.39 is 22.8 Å². The summed E-state index contributed by atoms with van der Waals surface area (Å²) in [6.07, 6.45) is 0.210. The molecule has 2 aliphatic rings. The number of nitrogens with zero attached hydrogens (tertiary/aromatic N) is 1. The van der Waals surface area contributed by atoms with Crippen LogP contribution in [-0.4, -0.2) is 45.2 Å². The number of hydrogen-bond donors (Lipinski definition) is 3. The SMILES string of the molecule is O=C(O)[C@@]12CN(Cc3cccc(O)c3)C[C@]1(C(=O)O)C2. The molecule has 0 aromatic heterocycles. The highest BCUT2D eigenvalue weighted by atomic mass is 16.4. The Morgan fingerprint density at radius 1 is 1.15 bits per heavy atom.